The molecule has 56 valence electrons. The molecule has 0 saturated heterocycles. The van der Waals surface area contributed by atoms with Crippen LogP contribution in [0.1, 0.15) is 0 Å². The Balaban J connectivity index is 0. The number of hydrogen-bond donors (Lipinski definition) is 1. The molecule has 0 aliphatic rings. The molecule has 0 amide bonds. The van der Waals surface area contributed by atoms with Gasteiger partial charge in [-0.25, -0.2) is 0 Å². The fraction of sp³-hybridized carbons (Fsp3) is 0.500. The highest BCUT2D eigenvalue weighted by Crippen LogP contribution is 2.18. The SMILES string of the molecule is C=C[C@@H](N)C(F)(F)F.Cl. The van der Waals surface area contributed by atoms with Gasteiger partial charge in [-0.3, -0.25) is 0 Å². The van der Waals surface area contributed by atoms with Gasteiger partial charge in [0, 0.05) is 0 Å². The van der Waals surface area contributed by atoms with E-state index < -0.39 is 12.2 Å². The highest BCUT2D eigenvalue weighted by molar-refractivity contribution is 5.85. The molecular weight excluding hydrogens is 154 g/mol. The van der Waals surface area contributed by atoms with Gasteiger partial charge in [0.2, 0.25) is 0 Å². The molecule has 1 atom stereocenters. The highest BCUT2D eigenvalue weighted by atomic mass is 35.5. The van der Waals surface area contributed by atoms with Crippen molar-refractivity contribution in [3.63, 3.8) is 0 Å². The van der Waals surface area contributed by atoms with Crippen LogP contribution in [0, 0.1) is 0 Å². The van der Waals surface area contributed by atoms with Crippen LogP contribution in [-0.4, -0.2) is 12.2 Å². The van der Waals surface area contributed by atoms with Gasteiger partial charge < -0.3 is 5.73 Å². The first kappa shape index (κ1) is 11.6. The quantitative estimate of drug-likeness (QED) is 0.580. The van der Waals surface area contributed by atoms with Crippen molar-refractivity contribution in [2.24, 2.45) is 5.73 Å². The molecule has 0 saturated carbocycles. The van der Waals surface area contributed by atoms with Gasteiger partial charge in [-0.05, 0) is 0 Å². The molecule has 1 nitrogen and oxygen atoms in total. The van der Waals surface area contributed by atoms with Crippen molar-refractivity contribution in [3.8, 4) is 0 Å². The van der Waals surface area contributed by atoms with Crippen LogP contribution >= 0.6 is 12.4 Å². The van der Waals surface area contributed by atoms with E-state index in [0.29, 0.717) is 6.08 Å². The second kappa shape index (κ2) is 3.74. The number of nitrogens with two attached hydrogens (primary N) is 1. The van der Waals surface area contributed by atoms with E-state index in [9.17, 15) is 13.2 Å². The zero-order valence-corrected chi connectivity index (χ0v) is 5.30. The second-order valence-electron chi connectivity index (χ2n) is 1.30. The highest BCUT2D eigenvalue weighted by Gasteiger charge is 2.33. The summed E-state index contributed by atoms with van der Waals surface area (Å²) < 4.78 is 33.8. The number of hydrogen-bond acceptors (Lipinski definition) is 1. The minimum Gasteiger partial charge on any atom is -0.317 e. The summed E-state index contributed by atoms with van der Waals surface area (Å²) in [5, 5.41) is 0. The summed E-state index contributed by atoms with van der Waals surface area (Å²) in [6, 6.07) is -1.89. The van der Waals surface area contributed by atoms with Gasteiger partial charge in [0.25, 0.3) is 0 Å². The third-order valence-corrected chi connectivity index (χ3v) is 0.632. The van der Waals surface area contributed by atoms with Crippen LogP contribution < -0.4 is 5.73 Å². The predicted octanol–water partition coefficient (Wildman–Crippen LogP) is 1.48. The van der Waals surface area contributed by atoms with Crippen LogP contribution in [0.15, 0.2) is 12.7 Å². The average Bonchev–Trinajstić information content (AvgIpc) is 1.62. The van der Waals surface area contributed by atoms with E-state index in [1.54, 1.807) is 0 Å². The molecule has 0 fully saturated rings. The van der Waals surface area contributed by atoms with E-state index in [-0.39, 0.29) is 12.4 Å². The largest absolute Gasteiger partial charge is 0.407 e. The molecule has 0 aromatic carbocycles. The standard InChI is InChI=1S/C4H6F3N.ClH/c1-2-3(8)4(5,6)7;/h2-3H,1,8H2;1H/t3-;/m1./s1. The van der Waals surface area contributed by atoms with Crippen molar-refractivity contribution in [3.05, 3.63) is 12.7 Å². The lowest BCUT2D eigenvalue weighted by Gasteiger charge is -2.09. The van der Waals surface area contributed by atoms with E-state index in [1.165, 1.54) is 0 Å². The van der Waals surface area contributed by atoms with Crippen LogP contribution in [0.5, 0.6) is 0 Å². The molecule has 0 unspecified atom stereocenters. The topological polar surface area (TPSA) is 26.0 Å². The van der Waals surface area contributed by atoms with E-state index in [2.05, 4.69) is 12.3 Å². The Morgan fingerprint density at radius 3 is 1.78 bits per heavy atom. The average molecular weight is 162 g/mol. The van der Waals surface area contributed by atoms with Crippen LogP contribution in [0.3, 0.4) is 0 Å². The van der Waals surface area contributed by atoms with Crippen molar-refractivity contribution in [2.75, 3.05) is 0 Å². The molecule has 0 bridgehead atoms. The summed E-state index contributed by atoms with van der Waals surface area (Å²) >= 11 is 0. The first-order valence-corrected chi connectivity index (χ1v) is 1.93. The minimum atomic E-state index is -4.33. The molecule has 9 heavy (non-hydrogen) atoms. The molecule has 0 rings (SSSR count). The Kier molecular flexibility index (Phi) is 4.80. The summed E-state index contributed by atoms with van der Waals surface area (Å²) in [6.07, 6.45) is -3.68. The van der Waals surface area contributed by atoms with Gasteiger partial charge in [-0.15, -0.1) is 19.0 Å². The lowest BCUT2D eigenvalue weighted by atomic mass is 10.3. The first-order chi connectivity index (χ1) is 3.48. The Morgan fingerprint density at radius 1 is 1.44 bits per heavy atom. The predicted molar refractivity (Wildman–Crippen MR) is 31.5 cm³/mol. The molecule has 0 spiro atoms. The van der Waals surface area contributed by atoms with Crippen LogP contribution in [-0.2, 0) is 0 Å². The monoisotopic (exact) mass is 161 g/mol. The minimum absolute atomic E-state index is 0. The lowest BCUT2D eigenvalue weighted by molar-refractivity contribution is -0.136. The van der Waals surface area contributed by atoms with E-state index in [1.807, 2.05) is 0 Å². The van der Waals surface area contributed by atoms with Gasteiger partial charge in [0.05, 0.1) is 0 Å². The Bertz CT molecular complexity index is 90.3. The molecule has 2 N–H and O–H groups in total. The van der Waals surface area contributed by atoms with Gasteiger partial charge in [-0.2, -0.15) is 13.2 Å². The van der Waals surface area contributed by atoms with Crippen LogP contribution in [0.2, 0.25) is 0 Å². The third-order valence-electron chi connectivity index (χ3n) is 0.632. The van der Waals surface area contributed by atoms with Crippen molar-refractivity contribution in [1.29, 1.82) is 0 Å². The Labute approximate surface area is 57.1 Å². The lowest BCUT2D eigenvalue weighted by Crippen LogP contribution is -2.34. The number of alkyl halides is 3. The smallest absolute Gasteiger partial charge is 0.317 e. The maximum atomic E-state index is 11.3. The summed E-state index contributed by atoms with van der Waals surface area (Å²) in [5.41, 5.74) is 4.51. The normalized spacial score (nSPS) is 13.8. The van der Waals surface area contributed by atoms with Crippen molar-refractivity contribution in [2.45, 2.75) is 12.2 Å². The fourth-order valence-corrected chi connectivity index (χ4v) is 0.134. The summed E-state index contributed by atoms with van der Waals surface area (Å²) in [6.45, 7) is 2.88. The van der Waals surface area contributed by atoms with Gasteiger partial charge in [0.15, 0.2) is 0 Å². The number of halogens is 4. The van der Waals surface area contributed by atoms with E-state index in [0.717, 1.165) is 0 Å². The zero-order valence-electron chi connectivity index (χ0n) is 4.48. The van der Waals surface area contributed by atoms with E-state index in [4.69, 9.17) is 0 Å². The van der Waals surface area contributed by atoms with Gasteiger partial charge >= 0.3 is 6.18 Å². The van der Waals surface area contributed by atoms with E-state index >= 15 is 0 Å². The Morgan fingerprint density at radius 2 is 1.78 bits per heavy atom. The molecule has 0 aromatic rings. The second-order valence-corrected chi connectivity index (χ2v) is 1.30. The summed E-state index contributed by atoms with van der Waals surface area (Å²) in [7, 11) is 0. The van der Waals surface area contributed by atoms with Gasteiger partial charge in [-0.1, -0.05) is 6.08 Å². The zero-order chi connectivity index (χ0) is 6.78. The Hall–Kier alpha value is -0.220. The molecule has 0 aliphatic carbocycles. The van der Waals surface area contributed by atoms with Crippen LogP contribution in [0.4, 0.5) is 13.2 Å². The molecule has 0 aromatic heterocycles. The maximum absolute atomic E-state index is 11.3. The fourth-order valence-electron chi connectivity index (χ4n) is 0.134. The molecule has 0 aliphatic heterocycles. The molecule has 0 heterocycles. The van der Waals surface area contributed by atoms with Gasteiger partial charge in [0.1, 0.15) is 6.04 Å². The third kappa shape index (κ3) is 4.29. The molecule has 5 heteroatoms. The van der Waals surface area contributed by atoms with Crippen molar-refractivity contribution < 1.29 is 13.2 Å². The maximum Gasteiger partial charge on any atom is 0.407 e. The van der Waals surface area contributed by atoms with Crippen molar-refractivity contribution in [1.82, 2.24) is 0 Å². The molecular formula is C4H7ClF3N. The molecule has 0 radical (unpaired) electrons. The summed E-state index contributed by atoms with van der Waals surface area (Å²) in [5.74, 6) is 0. The van der Waals surface area contributed by atoms with Crippen molar-refractivity contribution >= 4 is 12.4 Å². The number of rotatable bonds is 1. The summed E-state index contributed by atoms with van der Waals surface area (Å²) in [4.78, 5) is 0. The van der Waals surface area contributed by atoms with Crippen LogP contribution in [0.25, 0.3) is 0 Å². The first-order valence-electron chi connectivity index (χ1n) is 1.93.